The number of piperidine rings is 1. The predicted molar refractivity (Wildman–Crippen MR) is 96.5 cm³/mol. The van der Waals surface area contributed by atoms with Gasteiger partial charge in [-0.1, -0.05) is 18.2 Å². The molecule has 2 atom stereocenters. The van der Waals surface area contributed by atoms with Gasteiger partial charge in [0, 0.05) is 45.3 Å². The molecule has 2 fully saturated rings. The van der Waals surface area contributed by atoms with E-state index in [4.69, 9.17) is 4.74 Å². The lowest BCUT2D eigenvalue weighted by Gasteiger charge is -2.43. The minimum absolute atomic E-state index is 0.359. The van der Waals surface area contributed by atoms with Gasteiger partial charge in [-0.05, 0) is 38.6 Å². The van der Waals surface area contributed by atoms with Gasteiger partial charge in [-0.2, -0.15) is 0 Å². The van der Waals surface area contributed by atoms with E-state index in [2.05, 4.69) is 21.7 Å². The first kappa shape index (κ1) is 17.7. The largest absolute Gasteiger partial charge is 0.491 e. The van der Waals surface area contributed by atoms with Gasteiger partial charge >= 0.3 is 0 Å². The molecule has 1 aromatic rings. The third-order valence-electron chi connectivity index (χ3n) is 5.18. The average molecular weight is 333 g/mol. The van der Waals surface area contributed by atoms with Crippen LogP contribution >= 0.6 is 0 Å². The Balaban J connectivity index is 1.35. The first-order valence-corrected chi connectivity index (χ1v) is 9.21. The maximum absolute atomic E-state index is 10.2. The fourth-order valence-corrected chi connectivity index (χ4v) is 3.81. The summed E-state index contributed by atoms with van der Waals surface area (Å²) in [6, 6.07) is 10.4. The number of piperazine rings is 1. The molecule has 0 radical (unpaired) electrons. The van der Waals surface area contributed by atoms with Crippen molar-refractivity contribution in [1.82, 2.24) is 14.7 Å². The molecule has 2 aliphatic heterocycles. The Morgan fingerprint density at radius 1 is 1.12 bits per heavy atom. The standard InChI is InChI=1S/C19H31N3O2/c1-20-9-5-6-17(14-20)22-12-10-21(11-13-22)15-18(23)16-24-19-7-3-2-4-8-19/h2-4,7-8,17-18,23H,5-6,9-16H2,1H3. The van der Waals surface area contributed by atoms with Crippen LogP contribution in [0.25, 0.3) is 0 Å². The molecule has 5 heteroatoms. The zero-order chi connectivity index (χ0) is 16.8. The monoisotopic (exact) mass is 333 g/mol. The van der Waals surface area contributed by atoms with Crippen molar-refractivity contribution in [2.24, 2.45) is 0 Å². The summed E-state index contributed by atoms with van der Waals surface area (Å²) in [6.45, 7) is 7.82. The van der Waals surface area contributed by atoms with Crippen molar-refractivity contribution in [2.45, 2.75) is 25.0 Å². The summed E-state index contributed by atoms with van der Waals surface area (Å²) < 4.78 is 5.64. The lowest BCUT2D eigenvalue weighted by atomic mass is 10.0. The van der Waals surface area contributed by atoms with Crippen LogP contribution in [-0.4, -0.2) is 91.4 Å². The highest BCUT2D eigenvalue weighted by Gasteiger charge is 2.27. The number of aliphatic hydroxyl groups is 1. The topological polar surface area (TPSA) is 39.2 Å². The van der Waals surface area contributed by atoms with Gasteiger partial charge in [-0.15, -0.1) is 0 Å². The molecule has 3 rings (SSSR count). The summed E-state index contributed by atoms with van der Waals surface area (Å²) in [5.74, 6) is 0.822. The first-order chi connectivity index (χ1) is 11.7. The second kappa shape index (κ2) is 8.81. The number of benzene rings is 1. The van der Waals surface area contributed by atoms with E-state index in [0.717, 1.165) is 38.0 Å². The smallest absolute Gasteiger partial charge is 0.119 e. The Labute approximate surface area is 145 Å². The van der Waals surface area contributed by atoms with Crippen LogP contribution in [0.2, 0.25) is 0 Å². The zero-order valence-electron chi connectivity index (χ0n) is 14.8. The van der Waals surface area contributed by atoms with Crippen LogP contribution in [0, 0.1) is 0 Å². The molecule has 1 N–H and O–H groups in total. The summed E-state index contributed by atoms with van der Waals surface area (Å²) in [7, 11) is 2.23. The van der Waals surface area contributed by atoms with E-state index in [1.807, 2.05) is 30.3 Å². The van der Waals surface area contributed by atoms with Crippen molar-refractivity contribution in [2.75, 3.05) is 59.5 Å². The number of likely N-dealkylation sites (tertiary alicyclic amines) is 1. The van der Waals surface area contributed by atoms with Crippen molar-refractivity contribution in [3.8, 4) is 5.75 Å². The first-order valence-electron chi connectivity index (χ1n) is 9.21. The number of rotatable bonds is 6. The van der Waals surface area contributed by atoms with E-state index in [0.29, 0.717) is 13.2 Å². The third kappa shape index (κ3) is 5.18. The number of ether oxygens (including phenoxy) is 1. The Bertz CT molecular complexity index is 477. The Hall–Kier alpha value is -1.14. The van der Waals surface area contributed by atoms with Gasteiger partial charge < -0.3 is 14.7 Å². The molecule has 2 unspecified atom stereocenters. The summed E-state index contributed by atoms with van der Waals surface area (Å²) in [5.41, 5.74) is 0. The summed E-state index contributed by atoms with van der Waals surface area (Å²) >= 11 is 0. The minimum Gasteiger partial charge on any atom is -0.491 e. The lowest BCUT2D eigenvalue weighted by Crippen LogP contribution is -2.55. The Morgan fingerprint density at radius 3 is 2.58 bits per heavy atom. The van der Waals surface area contributed by atoms with E-state index in [1.54, 1.807) is 0 Å². The molecule has 0 saturated carbocycles. The van der Waals surface area contributed by atoms with Crippen LogP contribution in [0.15, 0.2) is 30.3 Å². The summed E-state index contributed by atoms with van der Waals surface area (Å²) in [4.78, 5) is 7.45. The van der Waals surface area contributed by atoms with Gasteiger partial charge in [0.2, 0.25) is 0 Å². The van der Waals surface area contributed by atoms with Crippen LogP contribution < -0.4 is 4.74 Å². The molecule has 1 aromatic carbocycles. The van der Waals surface area contributed by atoms with Gasteiger partial charge in [0.05, 0.1) is 0 Å². The number of hydrogen-bond acceptors (Lipinski definition) is 5. The second-order valence-electron chi connectivity index (χ2n) is 7.17. The van der Waals surface area contributed by atoms with Crippen molar-refractivity contribution in [1.29, 1.82) is 0 Å². The molecule has 2 saturated heterocycles. The third-order valence-corrected chi connectivity index (χ3v) is 5.18. The highest BCUT2D eigenvalue weighted by atomic mass is 16.5. The summed E-state index contributed by atoms with van der Waals surface area (Å²) in [6.07, 6.45) is 2.21. The van der Waals surface area contributed by atoms with Crippen LogP contribution in [0.4, 0.5) is 0 Å². The number of β-amino-alcohol motifs (C(OH)–C–C–N with tert-alkyl or cyclic N) is 1. The zero-order valence-corrected chi connectivity index (χ0v) is 14.8. The highest BCUT2D eigenvalue weighted by Crippen LogP contribution is 2.17. The number of hydrogen-bond donors (Lipinski definition) is 1. The SMILES string of the molecule is CN1CCCC(N2CCN(CC(O)COc3ccccc3)CC2)C1. The van der Waals surface area contributed by atoms with Crippen LogP contribution in [0.5, 0.6) is 5.75 Å². The molecule has 0 aliphatic carbocycles. The molecule has 0 aromatic heterocycles. The van der Waals surface area contributed by atoms with Gasteiger partial charge in [0.1, 0.15) is 18.5 Å². The molecular weight excluding hydrogens is 302 g/mol. The van der Waals surface area contributed by atoms with Crippen LogP contribution in [0.3, 0.4) is 0 Å². The van der Waals surface area contributed by atoms with Crippen molar-refractivity contribution < 1.29 is 9.84 Å². The molecule has 24 heavy (non-hydrogen) atoms. The lowest BCUT2D eigenvalue weighted by molar-refractivity contribution is 0.0247. The van der Waals surface area contributed by atoms with E-state index in [9.17, 15) is 5.11 Å². The van der Waals surface area contributed by atoms with E-state index in [-0.39, 0.29) is 0 Å². The maximum atomic E-state index is 10.2. The number of likely N-dealkylation sites (N-methyl/N-ethyl adjacent to an activating group) is 1. The van der Waals surface area contributed by atoms with Crippen molar-refractivity contribution in [3.05, 3.63) is 30.3 Å². The molecule has 0 spiro atoms. The van der Waals surface area contributed by atoms with Crippen LogP contribution in [0.1, 0.15) is 12.8 Å². The number of aliphatic hydroxyl groups excluding tert-OH is 1. The molecule has 0 bridgehead atoms. The van der Waals surface area contributed by atoms with Gasteiger partial charge in [0.15, 0.2) is 0 Å². The molecule has 5 nitrogen and oxygen atoms in total. The minimum atomic E-state index is -0.433. The summed E-state index contributed by atoms with van der Waals surface area (Å²) in [5, 5.41) is 10.2. The second-order valence-corrected chi connectivity index (χ2v) is 7.17. The van der Waals surface area contributed by atoms with E-state index < -0.39 is 6.10 Å². The fourth-order valence-electron chi connectivity index (χ4n) is 3.81. The molecule has 2 aliphatic rings. The Morgan fingerprint density at radius 2 is 1.88 bits per heavy atom. The van der Waals surface area contributed by atoms with Crippen LogP contribution in [-0.2, 0) is 0 Å². The predicted octanol–water partition coefficient (Wildman–Crippen LogP) is 1.14. The molecule has 0 amide bonds. The molecule has 2 heterocycles. The highest BCUT2D eigenvalue weighted by molar-refractivity contribution is 5.20. The van der Waals surface area contributed by atoms with Crippen molar-refractivity contribution in [3.63, 3.8) is 0 Å². The van der Waals surface area contributed by atoms with Crippen molar-refractivity contribution >= 4 is 0 Å². The normalized spacial score (nSPS) is 25.5. The molecule has 134 valence electrons. The number of para-hydroxylation sites is 1. The van der Waals surface area contributed by atoms with E-state index in [1.165, 1.54) is 25.9 Å². The Kier molecular flexibility index (Phi) is 6.49. The average Bonchev–Trinajstić information content (AvgIpc) is 2.61. The van der Waals surface area contributed by atoms with Gasteiger partial charge in [-0.25, -0.2) is 0 Å². The fraction of sp³-hybridized carbons (Fsp3) is 0.684. The van der Waals surface area contributed by atoms with Gasteiger partial charge in [0.25, 0.3) is 0 Å². The number of nitrogens with zero attached hydrogens (tertiary/aromatic N) is 3. The van der Waals surface area contributed by atoms with E-state index >= 15 is 0 Å². The molecular formula is C19H31N3O2. The quantitative estimate of drug-likeness (QED) is 0.845. The van der Waals surface area contributed by atoms with Gasteiger partial charge in [-0.3, -0.25) is 9.80 Å². The maximum Gasteiger partial charge on any atom is 0.119 e.